The number of hydrogen-bond donors (Lipinski definition) is 0. The largest absolute Gasteiger partial charge is 0.465 e. The minimum absolute atomic E-state index is 0.0749. The summed E-state index contributed by atoms with van der Waals surface area (Å²) in [5.74, 6) is 0.805. The van der Waals surface area contributed by atoms with E-state index in [1.54, 1.807) is 0 Å². The zero-order chi connectivity index (χ0) is 21.1. The zero-order valence-electron chi connectivity index (χ0n) is 20.1. The molecule has 0 N–H and O–H groups in total. The maximum absolute atomic E-state index is 11.6. The van der Waals surface area contributed by atoms with Crippen LogP contribution in [-0.2, 0) is 9.53 Å². The molecule has 2 heteroatoms. The highest BCUT2D eigenvalue weighted by Crippen LogP contribution is 2.16. The Balaban J connectivity index is 3.12. The van der Waals surface area contributed by atoms with Crippen molar-refractivity contribution in [2.45, 2.75) is 144 Å². The first-order valence-corrected chi connectivity index (χ1v) is 12.5. The van der Waals surface area contributed by atoms with Crippen molar-refractivity contribution in [3.05, 3.63) is 0 Å². The first-order chi connectivity index (χ1) is 13.3. The van der Waals surface area contributed by atoms with Crippen LogP contribution in [0.5, 0.6) is 0 Å². The Kier molecular flexibility index (Phi) is 18.1. The summed E-state index contributed by atoms with van der Waals surface area (Å²) in [6, 6.07) is 0. The first kappa shape index (κ1) is 27.5. The quantitative estimate of drug-likeness (QED) is 0.161. The summed E-state index contributed by atoms with van der Waals surface area (Å²) in [6.45, 7) is 11.0. The van der Waals surface area contributed by atoms with Gasteiger partial charge in [-0.25, -0.2) is 0 Å². The number of carbonyl (C=O) groups is 1. The second kappa shape index (κ2) is 18.5. The molecule has 2 nitrogen and oxygen atoms in total. The van der Waals surface area contributed by atoms with Crippen LogP contribution < -0.4 is 0 Å². The van der Waals surface area contributed by atoms with Crippen molar-refractivity contribution in [1.29, 1.82) is 0 Å². The maximum Gasteiger partial charge on any atom is 0.311 e. The standard InChI is InChI=1S/C26H52O2/c1-24(2)22-20-18-16-14-12-10-8-6-7-9-11-13-15-17-19-21-23-28-25(27)26(3,4)5/h24H,6-23H2,1-5H3. The van der Waals surface area contributed by atoms with E-state index in [1.807, 2.05) is 20.8 Å². The second-order valence-electron chi connectivity index (χ2n) is 10.2. The van der Waals surface area contributed by atoms with E-state index in [4.69, 9.17) is 4.74 Å². The molecule has 0 bridgehead atoms. The minimum Gasteiger partial charge on any atom is -0.465 e. The van der Waals surface area contributed by atoms with Crippen LogP contribution in [0.2, 0.25) is 0 Å². The van der Waals surface area contributed by atoms with E-state index < -0.39 is 0 Å². The lowest BCUT2D eigenvalue weighted by Gasteiger charge is -2.16. The SMILES string of the molecule is CC(C)CCCCCCCCCCCCCCCCCCOC(=O)C(C)(C)C. The summed E-state index contributed by atoms with van der Waals surface area (Å²) in [5, 5.41) is 0. The maximum atomic E-state index is 11.6. The molecule has 0 fully saturated rings. The summed E-state index contributed by atoms with van der Waals surface area (Å²) >= 11 is 0. The van der Waals surface area contributed by atoms with Crippen molar-refractivity contribution in [3.8, 4) is 0 Å². The number of carbonyl (C=O) groups excluding carboxylic acids is 1. The Morgan fingerprint density at radius 3 is 1.25 bits per heavy atom. The van der Waals surface area contributed by atoms with Crippen LogP contribution in [0.25, 0.3) is 0 Å². The molecular formula is C26H52O2. The fourth-order valence-corrected chi connectivity index (χ4v) is 3.51. The van der Waals surface area contributed by atoms with Crippen LogP contribution in [0.4, 0.5) is 0 Å². The van der Waals surface area contributed by atoms with Crippen molar-refractivity contribution >= 4 is 5.97 Å². The van der Waals surface area contributed by atoms with Gasteiger partial charge >= 0.3 is 5.97 Å². The van der Waals surface area contributed by atoms with E-state index in [9.17, 15) is 4.79 Å². The molecule has 0 aromatic heterocycles. The molecular weight excluding hydrogens is 344 g/mol. The average Bonchev–Trinajstić information content (AvgIpc) is 2.62. The third-order valence-electron chi connectivity index (χ3n) is 5.52. The molecule has 0 unspecified atom stereocenters. The van der Waals surface area contributed by atoms with Gasteiger partial charge in [0.25, 0.3) is 0 Å². The molecule has 0 saturated heterocycles. The molecule has 0 spiro atoms. The lowest BCUT2D eigenvalue weighted by atomic mass is 9.97. The summed E-state index contributed by atoms with van der Waals surface area (Å²) in [6.07, 6.45) is 23.4. The minimum atomic E-state index is -0.368. The van der Waals surface area contributed by atoms with Gasteiger partial charge < -0.3 is 4.74 Å². The van der Waals surface area contributed by atoms with Gasteiger partial charge in [-0.1, -0.05) is 117 Å². The molecule has 0 aliphatic heterocycles. The van der Waals surface area contributed by atoms with Gasteiger partial charge in [0.15, 0.2) is 0 Å². The van der Waals surface area contributed by atoms with Gasteiger partial charge in [0, 0.05) is 0 Å². The molecule has 0 radical (unpaired) electrons. The van der Waals surface area contributed by atoms with Gasteiger partial charge in [0.2, 0.25) is 0 Å². The van der Waals surface area contributed by atoms with E-state index >= 15 is 0 Å². The van der Waals surface area contributed by atoms with Crippen molar-refractivity contribution in [2.24, 2.45) is 11.3 Å². The van der Waals surface area contributed by atoms with Crippen LogP contribution in [0.15, 0.2) is 0 Å². The topological polar surface area (TPSA) is 26.3 Å². The van der Waals surface area contributed by atoms with E-state index in [0.29, 0.717) is 6.61 Å². The number of hydrogen-bond acceptors (Lipinski definition) is 2. The van der Waals surface area contributed by atoms with Crippen LogP contribution in [0.1, 0.15) is 144 Å². The zero-order valence-corrected chi connectivity index (χ0v) is 20.1. The lowest BCUT2D eigenvalue weighted by Crippen LogP contribution is -2.23. The van der Waals surface area contributed by atoms with Gasteiger partial charge in [0.05, 0.1) is 12.0 Å². The highest BCUT2D eigenvalue weighted by atomic mass is 16.5. The second-order valence-corrected chi connectivity index (χ2v) is 10.2. The van der Waals surface area contributed by atoms with Gasteiger partial charge in [0.1, 0.15) is 0 Å². The van der Waals surface area contributed by atoms with Crippen LogP contribution in [-0.4, -0.2) is 12.6 Å². The molecule has 0 heterocycles. The first-order valence-electron chi connectivity index (χ1n) is 12.5. The van der Waals surface area contributed by atoms with E-state index in [-0.39, 0.29) is 11.4 Å². The summed E-state index contributed by atoms with van der Waals surface area (Å²) in [7, 11) is 0. The Hall–Kier alpha value is -0.530. The molecule has 168 valence electrons. The summed E-state index contributed by atoms with van der Waals surface area (Å²) in [4.78, 5) is 11.6. The summed E-state index contributed by atoms with van der Waals surface area (Å²) in [5.41, 5.74) is -0.368. The molecule has 0 rings (SSSR count). The molecule has 0 atom stereocenters. The fourth-order valence-electron chi connectivity index (χ4n) is 3.51. The predicted molar refractivity (Wildman–Crippen MR) is 124 cm³/mol. The molecule has 0 aliphatic rings. The smallest absolute Gasteiger partial charge is 0.311 e. The molecule has 0 amide bonds. The average molecular weight is 397 g/mol. The van der Waals surface area contributed by atoms with Crippen molar-refractivity contribution in [2.75, 3.05) is 6.61 Å². The highest BCUT2D eigenvalue weighted by Gasteiger charge is 2.22. The van der Waals surface area contributed by atoms with Crippen LogP contribution in [0.3, 0.4) is 0 Å². The normalized spacial score (nSPS) is 11.9. The molecule has 0 aliphatic carbocycles. The predicted octanol–water partition coefficient (Wildman–Crippen LogP) is 8.86. The Morgan fingerprint density at radius 2 is 0.929 bits per heavy atom. The van der Waals surface area contributed by atoms with Gasteiger partial charge in [-0.2, -0.15) is 0 Å². The molecule has 0 aromatic rings. The Morgan fingerprint density at radius 1 is 0.607 bits per heavy atom. The van der Waals surface area contributed by atoms with Crippen molar-refractivity contribution in [3.63, 3.8) is 0 Å². The van der Waals surface area contributed by atoms with Crippen molar-refractivity contribution in [1.82, 2.24) is 0 Å². The van der Waals surface area contributed by atoms with Crippen LogP contribution in [0, 0.1) is 11.3 Å². The molecule has 0 saturated carbocycles. The number of rotatable bonds is 19. The lowest BCUT2D eigenvalue weighted by molar-refractivity contribution is -0.153. The summed E-state index contributed by atoms with van der Waals surface area (Å²) < 4.78 is 5.30. The van der Waals surface area contributed by atoms with E-state index in [1.165, 1.54) is 103 Å². The van der Waals surface area contributed by atoms with E-state index in [0.717, 1.165) is 12.3 Å². The molecule has 0 aromatic carbocycles. The van der Waals surface area contributed by atoms with Gasteiger partial charge in [-0.05, 0) is 33.1 Å². The molecule has 28 heavy (non-hydrogen) atoms. The number of ether oxygens (including phenoxy) is 1. The third-order valence-corrected chi connectivity index (χ3v) is 5.52. The Bertz CT molecular complexity index is 341. The number of unbranched alkanes of at least 4 members (excludes halogenated alkanes) is 15. The van der Waals surface area contributed by atoms with Gasteiger partial charge in [-0.15, -0.1) is 0 Å². The van der Waals surface area contributed by atoms with Gasteiger partial charge in [-0.3, -0.25) is 4.79 Å². The number of esters is 1. The fraction of sp³-hybridized carbons (Fsp3) is 0.962. The Labute approximate surface area is 177 Å². The van der Waals surface area contributed by atoms with E-state index in [2.05, 4.69) is 13.8 Å². The third kappa shape index (κ3) is 20.2. The highest BCUT2D eigenvalue weighted by molar-refractivity contribution is 5.75. The van der Waals surface area contributed by atoms with Crippen LogP contribution >= 0.6 is 0 Å². The van der Waals surface area contributed by atoms with Crippen molar-refractivity contribution < 1.29 is 9.53 Å². The monoisotopic (exact) mass is 396 g/mol.